The van der Waals surface area contributed by atoms with Crippen LogP contribution in [0.25, 0.3) is 0 Å². The fraction of sp³-hybridized carbons (Fsp3) is 0.231. The van der Waals surface area contributed by atoms with Crippen molar-refractivity contribution in [2.24, 2.45) is 0 Å². The van der Waals surface area contributed by atoms with Gasteiger partial charge in [0, 0.05) is 10.5 Å². The highest BCUT2D eigenvalue weighted by Gasteiger charge is 2.09. The normalized spacial score (nSPS) is 12.6. The van der Waals surface area contributed by atoms with E-state index in [1.165, 1.54) is 5.56 Å². The van der Waals surface area contributed by atoms with Crippen molar-refractivity contribution in [1.82, 2.24) is 5.32 Å². The van der Waals surface area contributed by atoms with Gasteiger partial charge < -0.3 is 9.73 Å². The van der Waals surface area contributed by atoms with Gasteiger partial charge in [0.05, 0.1) is 6.54 Å². The summed E-state index contributed by atoms with van der Waals surface area (Å²) in [7, 11) is 0. The summed E-state index contributed by atoms with van der Waals surface area (Å²) >= 11 is 9.26. The van der Waals surface area contributed by atoms with E-state index in [1.54, 1.807) is 6.07 Å². The summed E-state index contributed by atoms with van der Waals surface area (Å²) in [6.45, 7) is 2.78. The molecular formula is C13H13BrClNO. The monoisotopic (exact) mass is 313 g/mol. The van der Waals surface area contributed by atoms with Crippen molar-refractivity contribution < 1.29 is 4.42 Å². The molecule has 0 aliphatic carbocycles. The van der Waals surface area contributed by atoms with E-state index in [0.717, 1.165) is 10.2 Å². The van der Waals surface area contributed by atoms with Crippen LogP contribution in [0.1, 0.15) is 24.3 Å². The van der Waals surface area contributed by atoms with Crippen molar-refractivity contribution in [3.05, 3.63) is 57.4 Å². The summed E-state index contributed by atoms with van der Waals surface area (Å²) in [6.07, 6.45) is 0. The fourth-order valence-corrected chi connectivity index (χ4v) is 2.43. The number of halogens is 2. The van der Waals surface area contributed by atoms with Crippen LogP contribution in [0.5, 0.6) is 0 Å². The average Bonchev–Trinajstić information content (AvgIpc) is 2.73. The Hall–Kier alpha value is -0.770. The molecular weight excluding hydrogens is 302 g/mol. The molecule has 0 aliphatic rings. The highest BCUT2D eigenvalue weighted by atomic mass is 79.9. The van der Waals surface area contributed by atoms with Crippen LogP contribution in [-0.2, 0) is 6.54 Å². The Morgan fingerprint density at radius 3 is 2.71 bits per heavy atom. The van der Waals surface area contributed by atoms with Gasteiger partial charge in [-0.05, 0) is 42.3 Å². The van der Waals surface area contributed by atoms with Crippen molar-refractivity contribution in [2.75, 3.05) is 0 Å². The molecule has 1 aromatic heterocycles. The van der Waals surface area contributed by atoms with Crippen LogP contribution >= 0.6 is 27.5 Å². The predicted molar refractivity (Wildman–Crippen MR) is 73.1 cm³/mol. The van der Waals surface area contributed by atoms with Crippen LogP contribution in [-0.4, -0.2) is 0 Å². The van der Waals surface area contributed by atoms with E-state index in [4.69, 9.17) is 16.0 Å². The molecule has 1 unspecified atom stereocenters. The van der Waals surface area contributed by atoms with Crippen molar-refractivity contribution in [3.63, 3.8) is 0 Å². The lowest BCUT2D eigenvalue weighted by atomic mass is 10.1. The molecule has 0 radical (unpaired) electrons. The fourth-order valence-electron chi connectivity index (χ4n) is 1.64. The maximum atomic E-state index is 5.72. The summed E-state index contributed by atoms with van der Waals surface area (Å²) < 4.78 is 6.40. The second-order valence-corrected chi connectivity index (χ2v) is 5.06. The Balaban J connectivity index is 1.98. The first-order valence-corrected chi connectivity index (χ1v) is 6.56. The van der Waals surface area contributed by atoms with Crippen LogP contribution in [0.4, 0.5) is 0 Å². The zero-order valence-electron chi connectivity index (χ0n) is 9.41. The SMILES string of the molecule is CC(NCc1ccc(Cl)o1)c1ccccc1Br. The molecule has 4 heteroatoms. The zero-order chi connectivity index (χ0) is 12.3. The second kappa shape index (κ2) is 5.71. The van der Waals surface area contributed by atoms with Gasteiger partial charge in [-0.25, -0.2) is 0 Å². The van der Waals surface area contributed by atoms with Gasteiger partial charge in [-0.3, -0.25) is 0 Å². The van der Waals surface area contributed by atoms with Crippen LogP contribution in [0.3, 0.4) is 0 Å². The lowest BCUT2D eigenvalue weighted by Crippen LogP contribution is -2.18. The minimum atomic E-state index is 0.245. The quantitative estimate of drug-likeness (QED) is 0.896. The van der Waals surface area contributed by atoms with Crippen LogP contribution < -0.4 is 5.32 Å². The van der Waals surface area contributed by atoms with E-state index in [9.17, 15) is 0 Å². The first-order chi connectivity index (χ1) is 8.16. The smallest absolute Gasteiger partial charge is 0.193 e. The molecule has 1 heterocycles. The molecule has 2 aromatic rings. The third-order valence-corrected chi connectivity index (χ3v) is 3.51. The van der Waals surface area contributed by atoms with E-state index in [-0.39, 0.29) is 6.04 Å². The van der Waals surface area contributed by atoms with E-state index in [2.05, 4.69) is 34.2 Å². The van der Waals surface area contributed by atoms with Gasteiger partial charge in [-0.1, -0.05) is 34.1 Å². The number of nitrogens with one attached hydrogen (secondary N) is 1. The molecule has 1 atom stereocenters. The molecule has 0 bridgehead atoms. The summed E-state index contributed by atoms with van der Waals surface area (Å²) in [6, 6.07) is 12.0. The second-order valence-electron chi connectivity index (χ2n) is 3.83. The highest BCUT2D eigenvalue weighted by molar-refractivity contribution is 9.10. The topological polar surface area (TPSA) is 25.2 Å². The van der Waals surface area contributed by atoms with E-state index in [1.807, 2.05) is 24.3 Å². The third kappa shape index (κ3) is 3.35. The molecule has 2 rings (SSSR count). The molecule has 0 amide bonds. The van der Waals surface area contributed by atoms with Gasteiger partial charge >= 0.3 is 0 Å². The highest BCUT2D eigenvalue weighted by Crippen LogP contribution is 2.23. The first-order valence-electron chi connectivity index (χ1n) is 5.39. The summed E-state index contributed by atoms with van der Waals surface area (Å²) in [5.74, 6) is 0.842. The number of furan rings is 1. The maximum Gasteiger partial charge on any atom is 0.193 e. The van der Waals surface area contributed by atoms with Gasteiger partial charge in [-0.15, -0.1) is 0 Å². The number of benzene rings is 1. The predicted octanol–water partition coefficient (Wildman–Crippen LogP) is 4.55. The number of rotatable bonds is 4. The average molecular weight is 315 g/mol. The summed E-state index contributed by atoms with van der Waals surface area (Å²) in [4.78, 5) is 0. The van der Waals surface area contributed by atoms with Gasteiger partial charge in [0.15, 0.2) is 5.22 Å². The molecule has 2 nitrogen and oxygen atoms in total. The minimum absolute atomic E-state index is 0.245. The zero-order valence-corrected chi connectivity index (χ0v) is 11.8. The molecule has 0 fully saturated rings. The molecule has 90 valence electrons. The van der Waals surface area contributed by atoms with Crippen LogP contribution in [0.2, 0.25) is 5.22 Å². The summed E-state index contributed by atoms with van der Waals surface area (Å²) in [5, 5.41) is 3.81. The van der Waals surface area contributed by atoms with Crippen molar-refractivity contribution in [3.8, 4) is 0 Å². The van der Waals surface area contributed by atoms with Crippen molar-refractivity contribution in [1.29, 1.82) is 0 Å². The van der Waals surface area contributed by atoms with Gasteiger partial charge in [0.25, 0.3) is 0 Å². The first kappa shape index (κ1) is 12.7. The number of hydrogen-bond donors (Lipinski definition) is 1. The molecule has 17 heavy (non-hydrogen) atoms. The Morgan fingerprint density at radius 2 is 2.06 bits per heavy atom. The standard InChI is InChI=1S/C13H13BrClNO/c1-9(11-4-2-3-5-12(11)14)16-8-10-6-7-13(15)17-10/h2-7,9,16H,8H2,1H3. The molecule has 0 saturated heterocycles. The molecule has 0 aliphatic heterocycles. The van der Waals surface area contributed by atoms with Crippen LogP contribution in [0, 0.1) is 0 Å². The van der Waals surface area contributed by atoms with Gasteiger partial charge in [0.2, 0.25) is 0 Å². The molecule has 0 spiro atoms. The Kier molecular flexibility index (Phi) is 4.26. The Labute approximate surface area is 114 Å². The Bertz CT molecular complexity index is 498. The maximum absolute atomic E-state index is 5.72. The van der Waals surface area contributed by atoms with E-state index >= 15 is 0 Å². The summed E-state index contributed by atoms with van der Waals surface area (Å²) in [5.41, 5.74) is 1.23. The van der Waals surface area contributed by atoms with E-state index in [0.29, 0.717) is 11.8 Å². The lowest BCUT2D eigenvalue weighted by molar-refractivity contribution is 0.461. The Morgan fingerprint density at radius 1 is 1.29 bits per heavy atom. The van der Waals surface area contributed by atoms with Gasteiger partial charge in [-0.2, -0.15) is 0 Å². The van der Waals surface area contributed by atoms with E-state index < -0.39 is 0 Å². The lowest BCUT2D eigenvalue weighted by Gasteiger charge is -2.14. The molecule has 0 saturated carbocycles. The van der Waals surface area contributed by atoms with Crippen LogP contribution in [0.15, 0.2) is 45.3 Å². The molecule has 1 aromatic carbocycles. The number of hydrogen-bond acceptors (Lipinski definition) is 2. The van der Waals surface area contributed by atoms with Gasteiger partial charge in [0.1, 0.15) is 5.76 Å². The largest absolute Gasteiger partial charge is 0.448 e. The minimum Gasteiger partial charge on any atom is -0.448 e. The molecule has 1 N–H and O–H groups in total. The van der Waals surface area contributed by atoms with Crippen molar-refractivity contribution >= 4 is 27.5 Å². The van der Waals surface area contributed by atoms with Crippen molar-refractivity contribution in [2.45, 2.75) is 19.5 Å². The third-order valence-electron chi connectivity index (χ3n) is 2.58.